The van der Waals surface area contributed by atoms with Crippen LogP contribution in [0.5, 0.6) is 5.75 Å². The number of aliphatic imine (C=N–C) groups is 1. The Morgan fingerprint density at radius 3 is 2.79 bits per heavy atom. The lowest BCUT2D eigenvalue weighted by Gasteiger charge is -2.12. The highest BCUT2D eigenvalue weighted by molar-refractivity contribution is 7.86. The number of halogens is 1. The maximum absolute atomic E-state index is 13.4. The summed E-state index contributed by atoms with van der Waals surface area (Å²) in [5.74, 6) is 0.791. The van der Waals surface area contributed by atoms with E-state index in [0.717, 1.165) is 28.2 Å². The van der Waals surface area contributed by atoms with Gasteiger partial charge in [0.1, 0.15) is 17.4 Å². The maximum Gasteiger partial charge on any atom is 0.151 e. The minimum absolute atomic E-state index is 0.0874. The summed E-state index contributed by atoms with van der Waals surface area (Å²) in [5.41, 5.74) is 3.85. The molecule has 0 radical (unpaired) electrons. The van der Waals surface area contributed by atoms with Crippen molar-refractivity contribution in [2.75, 3.05) is 4.72 Å². The molecule has 1 N–H and O–H groups in total. The third kappa shape index (κ3) is 4.35. The van der Waals surface area contributed by atoms with E-state index in [4.69, 9.17) is 4.74 Å². The molecule has 0 saturated carbocycles. The smallest absolute Gasteiger partial charge is 0.151 e. The molecule has 1 aliphatic heterocycles. The van der Waals surface area contributed by atoms with Crippen molar-refractivity contribution in [3.05, 3.63) is 83.3 Å². The van der Waals surface area contributed by atoms with Crippen molar-refractivity contribution in [2.24, 2.45) is 4.99 Å². The lowest BCUT2D eigenvalue weighted by Crippen LogP contribution is -2.09. The van der Waals surface area contributed by atoms with Crippen LogP contribution in [0.1, 0.15) is 30.5 Å². The zero-order valence-corrected chi connectivity index (χ0v) is 16.9. The highest BCUT2D eigenvalue weighted by Gasteiger charge is 2.19. The molecule has 2 aromatic carbocycles. The Morgan fingerprint density at radius 1 is 1.14 bits per heavy atom. The predicted octanol–water partition coefficient (Wildman–Crippen LogP) is 4.49. The molecule has 1 atom stereocenters. The molecule has 1 aliphatic rings. The molecular weight excluding hydrogens is 389 g/mol. The largest absolute Gasteiger partial charge is 0.491 e. The molecule has 2 heterocycles. The van der Waals surface area contributed by atoms with Gasteiger partial charge in [0.25, 0.3) is 0 Å². The van der Waals surface area contributed by atoms with Gasteiger partial charge in [-0.3, -0.25) is 9.71 Å². The van der Waals surface area contributed by atoms with Gasteiger partial charge in [0.05, 0.1) is 23.3 Å². The van der Waals surface area contributed by atoms with Crippen molar-refractivity contribution in [1.29, 1.82) is 0 Å². The van der Waals surface area contributed by atoms with E-state index in [2.05, 4.69) is 14.7 Å². The number of ether oxygens (including phenoxy) is 1. The number of hydrogen-bond acceptors (Lipinski definition) is 4. The van der Waals surface area contributed by atoms with Gasteiger partial charge in [-0.15, -0.1) is 0 Å². The summed E-state index contributed by atoms with van der Waals surface area (Å²) in [6.07, 6.45) is 1.72. The van der Waals surface area contributed by atoms with E-state index in [1.54, 1.807) is 18.3 Å². The van der Waals surface area contributed by atoms with Gasteiger partial charge in [0, 0.05) is 17.3 Å². The van der Waals surface area contributed by atoms with E-state index < -0.39 is 16.8 Å². The second-order valence-electron chi connectivity index (χ2n) is 6.91. The summed E-state index contributed by atoms with van der Waals surface area (Å²) in [4.78, 5) is 9.24. The van der Waals surface area contributed by atoms with Gasteiger partial charge in [0.15, 0.2) is 11.0 Å². The Balaban J connectivity index is 1.58. The van der Waals surface area contributed by atoms with Crippen LogP contribution >= 0.6 is 0 Å². The molecule has 1 aromatic heterocycles. The topological polar surface area (TPSA) is 63.6 Å². The highest BCUT2D eigenvalue weighted by Crippen LogP contribution is 2.28. The molecule has 29 heavy (non-hydrogen) atoms. The van der Waals surface area contributed by atoms with E-state index in [-0.39, 0.29) is 6.10 Å². The summed E-state index contributed by atoms with van der Waals surface area (Å²) in [6, 6.07) is 15.3. The number of aromatic nitrogens is 1. The quantitative estimate of drug-likeness (QED) is 0.652. The van der Waals surface area contributed by atoms with Crippen LogP contribution in [-0.4, -0.2) is 21.0 Å². The molecule has 3 aromatic rings. The molecule has 1 unspecified atom stereocenters. The Hall–Kier alpha value is -3.06. The van der Waals surface area contributed by atoms with Crippen LogP contribution in [0.3, 0.4) is 0 Å². The summed E-state index contributed by atoms with van der Waals surface area (Å²) in [5, 5.41) is 0. The molecule has 7 heteroatoms. The number of pyridine rings is 1. The van der Waals surface area contributed by atoms with Gasteiger partial charge in [-0.05, 0) is 61.9 Å². The van der Waals surface area contributed by atoms with Gasteiger partial charge in [-0.1, -0.05) is 12.1 Å². The van der Waals surface area contributed by atoms with Gasteiger partial charge in [-0.25, -0.2) is 13.6 Å². The van der Waals surface area contributed by atoms with Gasteiger partial charge >= 0.3 is 0 Å². The maximum atomic E-state index is 13.4. The number of benzene rings is 2. The van der Waals surface area contributed by atoms with Gasteiger partial charge < -0.3 is 4.74 Å². The average molecular weight is 409 g/mol. The van der Waals surface area contributed by atoms with Crippen LogP contribution in [-0.2, 0) is 17.5 Å². The Bertz CT molecular complexity index is 1110. The second kappa shape index (κ2) is 8.13. The second-order valence-corrected chi connectivity index (χ2v) is 8.12. The minimum atomic E-state index is -1.62. The Morgan fingerprint density at radius 2 is 2.00 bits per heavy atom. The lowest BCUT2D eigenvalue weighted by molar-refractivity contribution is 0.242. The lowest BCUT2D eigenvalue weighted by atomic mass is 10.0. The first kappa shape index (κ1) is 19.3. The van der Waals surface area contributed by atoms with Crippen LogP contribution in [0.25, 0.3) is 0 Å². The molecule has 4 rings (SSSR count). The fourth-order valence-electron chi connectivity index (χ4n) is 3.13. The van der Waals surface area contributed by atoms with Crippen LogP contribution in [0, 0.1) is 5.82 Å². The number of anilines is 1. The Labute approximate surface area is 171 Å². The van der Waals surface area contributed by atoms with Gasteiger partial charge in [-0.2, -0.15) is 0 Å². The first-order valence-electron chi connectivity index (χ1n) is 9.24. The molecule has 0 amide bonds. The zero-order valence-electron chi connectivity index (χ0n) is 16.1. The number of nitrogens with one attached hydrogen (secondary N) is 1. The number of hydrogen-bond donors (Lipinski definition) is 1. The van der Waals surface area contributed by atoms with Crippen LogP contribution in [0.2, 0.25) is 0 Å². The van der Waals surface area contributed by atoms with E-state index in [1.165, 1.54) is 18.2 Å². The normalized spacial score (nSPS) is 13.7. The fourth-order valence-corrected chi connectivity index (χ4v) is 3.97. The third-order valence-corrected chi connectivity index (χ3v) is 5.43. The first-order valence-corrected chi connectivity index (χ1v) is 10.4. The number of nitrogens with zero attached hydrogens (tertiary/aromatic N) is 2. The average Bonchev–Trinajstić information content (AvgIpc) is 3.11. The molecule has 5 nitrogen and oxygen atoms in total. The molecular formula is C22H20FN3O2S. The predicted molar refractivity (Wildman–Crippen MR) is 112 cm³/mol. The summed E-state index contributed by atoms with van der Waals surface area (Å²) < 4.78 is 34.5. The van der Waals surface area contributed by atoms with E-state index in [0.29, 0.717) is 17.3 Å². The molecule has 0 fully saturated rings. The Kier molecular flexibility index (Phi) is 5.40. The van der Waals surface area contributed by atoms with Crippen molar-refractivity contribution in [3.63, 3.8) is 0 Å². The summed E-state index contributed by atoms with van der Waals surface area (Å²) >= 11 is 0. The van der Waals surface area contributed by atoms with E-state index in [9.17, 15) is 8.60 Å². The molecule has 0 aliphatic carbocycles. The van der Waals surface area contributed by atoms with E-state index >= 15 is 0 Å². The SMILES string of the molecule is CC(C)Oc1ccc2c(c1)C(c1ccnc(NS(=O)c3cccc(F)c3)c1)=NC2. The first-order chi connectivity index (χ1) is 14.0. The highest BCUT2D eigenvalue weighted by atomic mass is 32.2. The van der Waals surface area contributed by atoms with Crippen LogP contribution in [0.15, 0.2) is 70.7 Å². The molecule has 148 valence electrons. The number of rotatable bonds is 6. The van der Waals surface area contributed by atoms with Crippen molar-refractivity contribution in [2.45, 2.75) is 31.4 Å². The molecule has 0 saturated heterocycles. The van der Waals surface area contributed by atoms with Crippen LogP contribution in [0.4, 0.5) is 10.2 Å². The van der Waals surface area contributed by atoms with Crippen LogP contribution < -0.4 is 9.46 Å². The monoisotopic (exact) mass is 409 g/mol. The summed E-state index contributed by atoms with van der Waals surface area (Å²) in [6.45, 7) is 4.58. The standard InChI is InChI=1S/C22H20FN3O2S/c1-14(2)28-18-7-6-16-13-25-22(20(16)12-18)15-8-9-24-21(10-15)26-29(27)19-5-3-4-17(23)11-19/h3-12,14H,13H2,1-2H3,(H,24,26). The van der Waals surface area contributed by atoms with Crippen molar-refractivity contribution >= 4 is 22.5 Å². The van der Waals surface area contributed by atoms with Crippen molar-refractivity contribution in [1.82, 2.24) is 4.98 Å². The molecule has 0 spiro atoms. The fraction of sp³-hybridized carbons (Fsp3) is 0.182. The van der Waals surface area contributed by atoms with E-state index in [1.807, 2.05) is 38.1 Å². The zero-order chi connectivity index (χ0) is 20.4. The van der Waals surface area contributed by atoms with Crippen molar-refractivity contribution in [3.8, 4) is 5.75 Å². The molecule has 0 bridgehead atoms. The summed E-state index contributed by atoms with van der Waals surface area (Å²) in [7, 11) is -1.62. The minimum Gasteiger partial charge on any atom is -0.491 e. The van der Waals surface area contributed by atoms with Crippen molar-refractivity contribution < 1.29 is 13.3 Å². The third-order valence-electron chi connectivity index (χ3n) is 4.36. The number of fused-ring (bicyclic) bond motifs is 1. The van der Waals surface area contributed by atoms with Gasteiger partial charge in [0.2, 0.25) is 0 Å².